The van der Waals surface area contributed by atoms with Crippen molar-refractivity contribution in [2.75, 3.05) is 6.61 Å². The van der Waals surface area contributed by atoms with Gasteiger partial charge in [-0.15, -0.1) is 0 Å². The third kappa shape index (κ3) is 3.45. The van der Waals surface area contributed by atoms with Crippen molar-refractivity contribution in [3.05, 3.63) is 59.7 Å². The van der Waals surface area contributed by atoms with Crippen LogP contribution in [0.3, 0.4) is 0 Å². The number of aryl methyl sites for hydroxylation is 2. The lowest BCUT2D eigenvalue weighted by atomic mass is 10.2. The van der Waals surface area contributed by atoms with E-state index in [9.17, 15) is 4.57 Å². The maximum absolute atomic E-state index is 13.7. The standard InChI is InChI=1S/C18H23O2P/c1-4-5-14-20-21(19,17-12-8-6-10-15(17)2)18-13-9-7-11-16(18)3/h6-13H,4-5,14H2,1-3H3. The van der Waals surface area contributed by atoms with E-state index in [2.05, 4.69) is 6.92 Å². The highest BCUT2D eigenvalue weighted by Crippen LogP contribution is 2.46. The SMILES string of the molecule is CCCCOP(=O)(c1ccccc1C)c1ccccc1C. The first-order valence-corrected chi connectivity index (χ1v) is 9.09. The van der Waals surface area contributed by atoms with E-state index in [0.29, 0.717) is 6.61 Å². The summed E-state index contributed by atoms with van der Waals surface area (Å²) >= 11 is 0. The van der Waals surface area contributed by atoms with Gasteiger partial charge in [-0.05, 0) is 43.5 Å². The van der Waals surface area contributed by atoms with Gasteiger partial charge in [-0.25, -0.2) is 0 Å². The van der Waals surface area contributed by atoms with Crippen LogP contribution in [-0.4, -0.2) is 6.61 Å². The van der Waals surface area contributed by atoms with E-state index in [4.69, 9.17) is 4.52 Å². The molecule has 0 spiro atoms. The number of hydrogen-bond donors (Lipinski definition) is 0. The van der Waals surface area contributed by atoms with Gasteiger partial charge in [-0.3, -0.25) is 4.57 Å². The summed E-state index contributed by atoms with van der Waals surface area (Å²) in [5.74, 6) is 0. The Morgan fingerprint density at radius 1 is 0.905 bits per heavy atom. The van der Waals surface area contributed by atoms with Crippen molar-refractivity contribution in [1.82, 2.24) is 0 Å². The zero-order valence-electron chi connectivity index (χ0n) is 13.0. The van der Waals surface area contributed by atoms with Gasteiger partial charge in [0.25, 0.3) is 7.37 Å². The predicted octanol–water partition coefficient (Wildman–Crippen LogP) is 4.35. The molecule has 0 saturated heterocycles. The normalized spacial score (nSPS) is 11.6. The minimum atomic E-state index is -3.03. The van der Waals surface area contributed by atoms with Gasteiger partial charge in [0.05, 0.1) is 6.61 Å². The second-order valence-electron chi connectivity index (χ2n) is 5.31. The summed E-state index contributed by atoms with van der Waals surface area (Å²) in [7, 11) is -3.03. The number of hydrogen-bond acceptors (Lipinski definition) is 2. The Hall–Kier alpha value is -1.37. The molecule has 0 aromatic heterocycles. The van der Waals surface area contributed by atoms with Crippen molar-refractivity contribution in [3.8, 4) is 0 Å². The minimum absolute atomic E-state index is 0.524. The van der Waals surface area contributed by atoms with Crippen LogP contribution in [-0.2, 0) is 9.09 Å². The van der Waals surface area contributed by atoms with Gasteiger partial charge in [0.2, 0.25) is 0 Å². The van der Waals surface area contributed by atoms with Crippen molar-refractivity contribution < 1.29 is 9.09 Å². The van der Waals surface area contributed by atoms with E-state index < -0.39 is 7.37 Å². The van der Waals surface area contributed by atoms with Gasteiger partial charge in [0, 0.05) is 10.6 Å². The third-order valence-electron chi connectivity index (χ3n) is 3.64. The predicted molar refractivity (Wildman–Crippen MR) is 90.1 cm³/mol. The Morgan fingerprint density at radius 3 is 1.81 bits per heavy atom. The first kappa shape index (κ1) is 16.0. The maximum Gasteiger partial charge on any atom is 0.261 e. The number of rotatable bonds is 6. The summed E-state index contributed by atoms with van der Waals surface area (Å²) in [6, 6.07) is 15.6. The summed E-state index contributed by atoms with van der Waals surface area (Å²) in [5, 5.41) is 1.63. The van der Waals surface area contributed by atoms with Gasteiger partial charge < -0.3 is 4.52 Å². The molecule has 2 nitrogen and oxygen atoms in total. The lowest BCUT2D eigenvalue weighted by Crippen LogP contribution is -2.22. The molecule has 0 radical (unpaired) electrons. The van der Waals surface area contributed by atoms with Crippen molar-refractivity contribution in [3.63, 3.8) is 0 Å². The van der Waals surface area contributed by atoms with Crippen LogP contribution in [0.15, 0.2) is 48.5 Å². The minimum Gasteiger partial charge on any atom is -0.322 e. The quantitative estimate of drug-likeness (QED) is 0.586. The Labute approximate surface area is 127 Å². The van der Waals surface area contributed by atoms with Crippen LogP contribution in [0.25, 0.3) is 0 Å². The molecule has 0 unspecified atom stereocenters. The molecule has 0 atom stereocenters. The average molecular weight is 302 g/mol. The number of benzene rings is 2. The molecule has 0 fully saturated rings. The molecule has 2 aromatic rings. The molecule has 0 aliphatic heterocycles. The van der Waals surface area contributed by atoms with Crippen molar-refractivity contribution >= 4 is 18.0 Å². The molecule has 0 saturated carbocycles. The molecule has 2 aromatic carbocycles. The van der Waals surface area contributed by atoms with Crippen molar-refractivity contribution in [1.29, 1.82) is 0 Å². The second kappa shape index (κ2) is 7.06. The molecular weight excluding hydrogens is 279 g/mol. The Kier molecular flexibility index (Phi) is 5.39. The largest absolute Gasteiger partial charge is 0.322 e. The van der Waals surface area contributed by atoms with E-state index >= 15 is 0 Å². The second-order valence-corrected chi connectivity index (χ2v) is 7.64. The van der Waals surface area contributed by atoms with Crippen LogP contribution in [0, 0.1) is 13.8 Å². The molecule has 3 heteroatoms. The highest BCUT2D eigenvalue weighted by molar-refractivity contribution is 7.74. The first-order valence-electron chi connectivity index (χ1n) is 7.46. The molecular formula is C18H23O2P. The molecule has 0 aliphatic rings. The van der Waals surface area contributed by atoms with E-state index in [1.807, 2.05) is 62.4 Å². The van der Waals surface area contributed by atoms with Gasteiger partial charge in [-0.2, -0.15) is 0 Å². The molecule has 0 heterocycles. The topological polar surface area (TPSA) is 26.3 Å². The third-order valence-corrected chi connectivity index (χ3v) is 6.45. The van der Waals surface area contributed by atoms with Gasteiger partial charge in [0.1, 0.15) is 0 Å². The summed E-state index contributed by atoms with van der Waals surface area (Å²) in [6.07, 6.45) is 1.95. The van der Waals surface area contributed by atoms with E-state index in [-0.39, 0.29) is 0 Å². The van der Waals surface area contributed by atoms with Crippen LogP contribution in [0.4, 0.5) is 0 Å². The van der Waals surface area contributed by atoms with Crippen molar-refractivity contribution in [2.45, 2.75) is 33.6 Å². The highest BCUT2D eigenvalue weighted by Gasteiger charge is 2.31. The average Bonchev–Trinajstić information content (AvgIpc) is 2.48. The Bertz CT molecular complexity index is 600. The van der Waals surface area contributed by atoms with E-state index in [1.54, 1.807) is 0 Å². The fourth-order valence-electron chi connectivity index (χ4n) is 2.39. The van der Waals surface area contributed by atoms with E-state index in [0.717, 1.165) is 34.6 Å². The zero-order valence-corrected chi connectivity index (χ0v) is 13.9. The first-order chi connectivity index (χ1) is 10.1. The molecule has 2 rings (SSSR count). The summed E-state index contributed by atoms with van der Waals surface area (Å²) in [6.45, 7) is 6.61. The Morgan fingerprint density at radius 2 is 1.38 bits per heavy atom. The summed E-state index contributed by atoms with van der Waals surface area (Å²) in [4.78, 5) is 0. The smallest absolute Gasteiger partial charge is 0.261 e. The van der Waals surface area contributed by atoms with Crippen LogP contribution >= 0.6 is 7.37 Å². The Balaban J connectivity index is 2.53. The summed E-state index contributed by atoms with van der Waals surface area (Å²) < 4.78 is 19.7. The van der Waals surface area contributed by atoms with E-state index in [1.165, 1.54) is 0 Å². The fourth-order valence-corrected chi connectivity index (χ4v) is 4.96. The van der Waals surface area contributed by atoms with Crippen molar-refractivity contribution in [2.24, 2.45) is 0 Å². The fraction of sp³-hybridized carbons (Fsp3) is 0.333. The lowest BCUT2D eigenvalue weighted by molar-refractivity contribution is 0.318. The van der Waals surface area contributed by atoms with Gasteiger partial charge >= 0.3 is 0 Å². The monoisotopic (exact) mass is 302 g/mol. The lowest BCUT2D eigenvalue weighted by Gasteiger charge is -2.22. The zero-order chi connectivity index (χ0) is 15.3. The molecule has 112 valence electrons. The van der Waals surface area contributed by atoms with Crippen LogP contribution in [0.5, 0.6) is 0 Å². The molecule has 0 aliphatic carbocycles. The molecule has 0 N–H and O–H groups in total. The maximum atomic E-state index is 13.7. The van der Waals surface area contributed by atoms with Gasteiger partial charge in [0.15, 0.2) is 0 Å². The van der Waals surface area contributed by atoms with Crippen LogP contribution < -0.4 is 10.6 Å². The number of unbranched alkanes of at least 4 members (excludes halogenated alkanes) is 1. The molecule has 0 bridgehead atoms. The summed E-state index contributed by atoms with van der Waals surface area (Å²) in [5.41, 5.74) is 2.03. The highest BCUT2D eigenvalue weighted by atomic mass is 31.2. The molecule has 21 heavy (non-hydrogen) atoms. The molecule has 0 amide bonds. The van der Waals surface area contributed by atoms with Crippen LogP contribution in [0.2, 0.25) is 0 Å². The van der Waals surface area contributed by atoms with Crippen LogP contribution in [0.1, 0.15) is 30.9 Å². The van der Waals surface area contributed by atoms with Gasteiger partial charge in [-0.1, -0.05) is 49.7 Å².